The standard InChI is InChI=1S/C49H30N4/c50-31-32-22-25-48(49(28-32)53-43-19-9-4-14-36(43)37-15-5-10-20-44(37)53)52-45-21-11-7-17-39(45)41-30-34(24-27-47(41)52)33-23-26-46-40(29-33)38-16-6-8-18-42(38)51(46)35-12-2-1-3-13-35/h1-30H. The van der Waals surface area contributed by atoms with Gasteiger partial charge in [0.15, 0.2) is 0 Å². The molecule has 0 aliphatic carbocycles. The minimum Gasteiger partial charge on any atom is -0.309 e. The average molecular weight is 675 g/mol. The van der Waals surface area contributed by atoms with Crippen molar-refractivity contribution in [1.29, 1.82) is 5.26 Å². The first-order chi connectivity index (χ1) is 26.3. The Morgan fingerprint density at radius 2 is 0.736 bits per heavy atom. The largest absolute Gasteiger partial charge is 0.309 e. The molecule has 0 saturated heterocycles. The van der Waals surface area contributed by atoms with Crippen molar-refractivity contribution in [3.63, 3.8) is 0 Å². The van der Waals surface area contributed by atoms with Gasteiger partial charge in [-0.1, -0.05) is 103 Å². The van der Waals surface area contributed by atoms with Gasteiger partial charge in [-0.3, -0.25) is 0 Å². The lowest BCUT2D eigenvalue weighted by atomic mass is 10.0. The van der Waals surface area contributed by atoms with Gasteiger partial charge in [0.1, 0.15) is 0 Å². The van der Waals surface area contributed by atoms with E-state index in [2.05, 4.69) is 190 Å². The number of aromatic nitrogens is 3. The Labute approximate surface area is 305 Å². The molecule has 53 heavy (non-hydrogen) atoms. The van der Waals surface area contributed by atoms with E-state index in [1.165, 1.54) is 54.5 Å². The van der Waals surface area contributed by atoms with Gasteiger partial charge in [0.2, 0.25) is 0 Å². The summed E-state index contributed by atoms with van der Waals surface area (Å²) in [4.78, 5) is 0. The fraction of sp³-hybridized carbons (Fsp3) is 0. The SMILES string of the molecule is N#Cc1ccc(-n2c3ccccc3c3cc(-c4ccc5c(c4)c4ccccc4n5-c4ccccc4)ccc32)c(-n2c3ccccc3c3ccccc32)c1. The summed E-state index contributed by atoms with van der Waals surface area (Å²) in [6.07, 6.45) is 0. The number of hydrogen-bond donors (Lipinski definition) is 0. The fourth-order valence-electron chi connectivity index (χ4n) is 8.56. The third kappa shape index (κ3) is 4.29. The zero-order valence-electron chi connectivity index (χ0n) is 28.6. The van der Waals surface area contributed by atoms with Gasteiger partial charge in [0.25, 0.3) is 0 Å². The molecule has 4 nitrogen and oxygen atoms in total. The highest BCUT2D eigenvalue weighted by atomic mass is 15.1. The van der Waals surface area contributed by atoms with Crippen LogP contribution < -0.4 is 0 Å². The molecular weight excluding hydrogens is 645 g/mol. The minimum absolute atomic E-state index is 0.623. The Kier molecular flexibility index (Phi) is 6.28. The zero-order chi connectivity index (χ0) is 35.0. The number of nitriles is 1. The van der Waals surface area contributed by atoms with Crippen LogP contribution in [0.25, 0.3) is 93.6 Å². The van der Waals surface area contributed by atoms with Crippen LogP contribution in [0.15, 0.2) is 182 Å². The summed E-state index contributed by atoms with van der Waals surface area (Å²) in [7, 11) is 0. The van der Waals surface area contributed by atoms with Crippen LogP contribution in [0.3, 0.4) is 0 Å². The number of rotatable bonds is 4. The Morgan fingerprint density at radius 3 is 1.26 bits per heavy atom. The van der Waals surface area contributed by atoms with Crippen LogP contribution in [-0.4, -0.2) is 13.7 Å². The predicted molar refractivity (Wildman–Crippen MR) is 220 cm³/mol. The topological polar surface area (TPSA) is 38.6 Å². The molecule has 0 aliphatic heterocycles. The van der Waals surface area contributed by atoms with E-state index in [4.69, 9.17) is 0 Å². The summed E-state index contributed by atoms with van der Waals surface area (Å²) in [5.41, 5.74) is 12.9. The predicted octanol–water partition coefficient (Wildman–Crippen LogP) is 12.5. The van der Waals surface area contributed by atoms with Crippen LogP contribution in [0.1, 0.15) is 5.56 Å². The van der Waals surface area contributed by atoms with Gasteiger partial charge < -0.3 is 13.7 Å². The molecular formula is C49H30N4. The first-order valence-electron chi connectivity index (χ1n) is 17.9. The molecule has 0 bridgehead atoms. The van der Waals surface area contributed by atoms with E-state index in [1.54, 1.807) is 0 Å². The van der Waals surface area contributed by atoms with Gasteiger partial charge in [0, 0.05) is 38.0 Å². The van der Waals surface area contributed by atoms with Crippen molar-refractivity contribution in [3.8, 4) is 34.3 Å². The van der Waals surface area contributed by atoms with Crippen molar-refractivity contribution in [1.82, 2.24) is 13.7 Å². The first-order valence-corrected chi connectivity index (χ1v) is 17.9. The van der Waals surface area contributed by atoms with Crippen molar-refractivity contribution in [2.75, 3.05) is 0 Å². The monoisotopic (exact) mass is 674 g/mol. The van der Waals surface area contributed by atoms with Crippen LogP contribution in [0.5, 0.6) is 0 Å². The van der Waals surface area contributed by atoms with E-state index in [9.17, 15) is 5.26 Å². The highest BCUT2D eigenvalue weighted by Gasteiger charge is 2.20. The minimum atomic E-state index is 0.623. The smallest absolute Gasteiger partial charge is 0.0992 e. The molecule has 0 radical (unpaired) electrons. The number of nitrogens with zero attached hydrogens (tertiary/aromatic N) is 4. The van der Waals surface area contributed by atoms with Crippen LogP contribution in [0.4, 0.5) is 0 Å². The third-order valence-electron chi connectivity index (χ3n) is 10.9. The van der Waals surface area contributed by atoms with Crippen molar-refractivity contribution >= 4 is 65.4 Å². The Hall–Kier alpha value is -7.35. The molecule has 246 valence electrons. The van der Waals surface area contributed by atoms with Crippen LogP contribution in [-0.2, 0) is 0 Å². The highest BCUT2D eigenvalue weighted by Crippen LogP contribution is 2.41. The van der Waals surface area contributed by atoms with E-state index in [1.807, 2.05) is 12.1 Å². The Morgan fingerprint density at radius 1 is 0.321 bits per heavy atom. The van der Waals surface area contributed by atoms with E-state index in [0.29, 0.717) is 5.56 Å². The maximum absolute atomic E-state index is 10.1. The fourth-order valence-corrected chi connectivity index (χ4v) is 8.56. The summed E-state index contributed by atoms with van der Waals surface area (Å²) >= 11 is 0. The van der Waals surface area contributed by atoms with Gasteiger partial charge in [-0.25, -0.2) is 0 Å². The number of benzene rings is 8. The molecule has 0 atom stereocenters. The van der Waals surface area contributed by atoms with Gasteiger partial charge in [-0.15, -0.1) is 0 Å². The van der Waals surface area contributed by atoms with E-state index in [-0.39, 0.29) is 0 Å². The summed E-state index contributed by atoms with van der Waals surface area (Å²) < 4.78 is 7.04. The van der Waals surface area contributed by atoms with Crippen LogP contribution in [0, 0.1) is 11.3 Å². The molecule has 4 heteroatoms. The van der Waals surface area contributed by atoms with Crippen LogP contribution >= 0.6 is 0 Å². The summed E-state index contributed by atoms with van der Waals surface area (Å²) in [5.74, 6) is 0. The molecule has 3 aromatic heterocycles. The molecule has 11 rings (SSSR count). The molecule has 0 aliphatic rings. The first kappa shape index (κ1) is 29.4. The van der Waals surface area contributed by atoms with Crippen LogP contribution in [0.2, 0.25) is 0 Å². The Bertz CT molecular complexity index is 3240. The van der Waals surface area contributed by atoms with Gasteiger partial charge in [-0.2, -0.15) is 5.26 Å². The summed E-state index contributed by atoms with van der Waals surface area (Å²) in [6, 6.07) is 67.2. The number of hydrogen-bond acceptors (Lipinski definition) is 1. The molecule has 0 amide bonds. The lowest BCUT2D eigenvalue weighted by molar-refractivity contribution is 1.09. The maximum Gasteiger partial charge on any atom is 0.0992 e. The van der Waals surface area contributed by atoms with Gasteiger partial charge in [-0.05, 0) is 90.0 Å². The lowest BCUT2D eigenvalue weighted by Gasteiger charge is -2.17. The molecule has 3 heterocycles. The van der Waals surface area contributed by atoms with Crippen molar-refractivity contribution in [2.45, 2.75) is 0 Å². The summed E-state index contributed by atoms with van der Waals surface area (Å²) in [5, 5.41) is 17.3. The van der Waals surface area contributed by atoms with E-state index in [0.717, 1.165) is 39.1 Å². The molecule has 8 aromatic carbocycles. The second kappa shape index (κ2) is 11.3. The van der Waals surface area contributed by atoms with Crippen molar-refractivity contribution in [3.05, 3.63) is 188 Å². The molecule has 0 N–H and O–H groups in total. The average Bonchev–Trinajstić information content (AvgIpc) is 3.86. The zero-order valence-corrected chi connectivity index (χ0v) is 28.6. The molecule has 0 fully saturated rings. The lowest BCUT2D eigenvalue weighted by Crippen LogP contribution is -2.04. The molecule has 0 unspecified atom stereocenters. The molecule has 0 saturated carbocycles. The molecule has 0 spiro atoms. The highest BCUT2D eigenvalue weighted by molar-refractivity contribution is 6.13. The van der Waals surface area contributed by atoms with Crippen molar-refractivity contribution < 1.29 is 0 Å². The van der Waals surface area contributed by atoms with E-state index < -0.39 is 0 Å². The van der Waals surface area contributed by atoms with Gasteiger partial charge in [0.05, 0.1) is 56.1 Å². The Balaban J connectivity index is 1.15. The van der Waals surface area contributed by atoms with E-state index >= 15 is 0 Å². The quantitative estimate of drug-likeness (QED) is 0.183. The van der Waals surface area contributed by atoms with Crippen molar-refractivity contribution in [2.24, 2.45) is 0 Å². The number of fused-ring (bicyclic) bond motifs is 9. The molecule has 11 aromatic rings. The second-order valence-corrected chi connectivity index (χ2v) is 13.7. The second-order valence-electron chi connectivity index (χ2n) is 13.7. The summed E-state index contributed by atoms with van der Waals surface area (Å²) in [6.45, 7) is 0. The third-order valence-corrected chi connectivity index (χ3v) is 10.9. The van der Waals surface area contributed by atoms with Gasteiger partial charge >= 0.3 is 0 Å². The number of para-hydroxylation sites is 5. The maximum atomic E-state index is 10.1. The normalized spacial score (nSPS) is 11.8.